The second-order valence-corrected chi connectivity index (χ2v) is 5.52. The van der Waals surface area contributed by atoms with E-state index < -0.39 is 0 Å². The van der Waals surface area contributed by atoms with Gasteiger partial charge < -0.3 is 14.7 Å². The van der Waals surface area contributed by atoms with E-state index in [1.54, 1.807) is 7.11 Å². The Morgan fingerprint density at radius 1 is 1.23 bits per heavy atom. The van der Waals surface area contributed by atoms with E-state index in [9.17, 15) is 9.90 Å². The first-order valence-corrected chi connectivity index (χ1v) is 7.37. The molecule has 0 fully saturated rings. The van der Waals surface area contributed by atoms with Crippen LogP contribution in [0.1, 0.15) is 34.5 Å². The maximum Gasteiger partial charge on any atom is 0.258 e. The zero-order chi connectivity index (χ0) is 15.7. The molecule has 0 radical (unpaired) electrons. The molecule has 4 heteroatoms. The van der Waals surface area contributed by atoms with Gasteiger partial charge in [-0.3, -0.25) is 4.79 Å². The van der Waals surface area contributed by atoms with Gasteiger partial charge in [0.1, 0.15) is 11.5 Å². The van der Waals surface area contributed by atoms with Crippen molar-refractivity contribution in [2.24, 2.45) is 0 Å². The van der Waals surface area contributed by atoms with Crippen LogP contribution in [-0.2, 0) is 6.42 Å². The molecule has 0 saturated carbocycles. The van der Waals surface area contributed by atoms with E-state index in [1.807, 2.05) is 48.2 Å². The van der Waals surface area contributed by atoms with Gasteiger partial charge >= 0.3 is 0 Å². The highest BCUT2D eigenvalue weighted by Gasteiger charge is 2.31. The number of ether oxygens (including phenoxy) is 1. The Hall–Kier alpha value is -2.49. The molecule has 4 nitrogen and oxygen atoms in total. The smallest absolute Gasteiger partial charge is 0.258 e. The first-order valence-electron chi connectivity index (χ1n) is 7.37. The van der Waals surface area contributed by atoms with Gasteiger partial charge in [-0.25, -0.2) is 0 Å². The summed E-state index contributed by atoms with van der Waals surface area (Å²) in [6.07, 6.45) is 0.711. The molecule has 0 aliphatic carbocycles. The van der Waals surface area contributed by atoms with Crippen LogP contribution in [0.4, 0.5) is 0 Å². The lowest BCUT2D eigenvalue weighted by Gasteiger charge is -2.34. The van der Waals surface area contributed by atoms with Crippen LogP contribution in [0.5, 0.6) is 11.5 Å². The van der Waals surface area contributed by atoms with Crippen LogP contribution in [0, 0.1) is 0 Å². The predicted octanol–water partition coefficient (Wildman–Crippen LogP) is 3.16. The van der Waals surface area contributed by atoms with E-state index in [0.29, 0.717) is 24.3 Å². The fourth-order valence-corrected chi connectivity index (χ4v) is 2.99. The third-order valence-electron chi connectivity index (χ3n) is 4.25. The molecule has 114 valence electrons. The fraction of sp³-hybridized carbons (Fsp3) is 0.278. The summed E-state index contributed by atoms with van der Waals surface area (Å²) < 4.78 is 5.16. The number of carbonyl (C=O) groups is 1. The van der Waals surface area contributed by atoms with E-state index in [-0.39, 0.29) is 17.7 Å². The third kappa shape index (κ3) is 2.41. The van der Waals surface area contributed by atoms with Crippen molar-refractivity contribution in [2.45, 2.75) is 19.4 Å². The van der Waals surface area contributed by atoms with Crippen LogP contribution < -0.4 is 4.74 Å². The third-order valence-corrected chi connectivity index (χ3v) is 4.25. The largest absolute Gasteiger partial charge is 0.507 e. The summed E-state index contributed by atoms with van der Waals surface area (Å²) in [5, 5.41) is 10.2. The maximum atomic E-state index is 12.8. The average molecular weight is 297 g/mol. The molecular weight excluding hydrogens is 278 g/mol. The number of methoxy groups -OCH3 is 1. The molecule has 1 unspecified atom stereocenters. The standard InChI is InChI=1S/C18H19NO3/c1-12(13-6-4-3-5-7-13)19-9-8-14-10-15(22-2)11-16(20)17(14)18(19)21/h3-7,10-12,20H,8-9H2,1-2H3. The Labute approximate surface area is 130 Å². The summed E-state index contributed by atoms with van der Waals surface area (Å²) in [6, 6.07) is 13.2. The number of hydrogen-bond acceptors (Lipinski definition) is 3. The Morgan fingerprint density at radius 2 is 1.95 bits per heavy atom. The summed E-state index contributed by atoms with van der Waals surface area (Å²) >= 11 is 0. The van der Waals surface area contributed by atoms with Crippen LogP contribution >= 0.6 is 0 Å². The Bertz CT molecular complexity index is 697. The summed E-state index contributed by atoms with van der Waals surface area (Å²) in [5.74, 6) is 0.440. The number of amides is 1. The molecular formula is C18H19NO3. The molecule has 2 aromatic carbocycles. The van der Waals surface area contributed by atoms with Crippen molar-refractivity contribution in [3.63, 3.8) is 0 Å². The quantitative estimate of drug-likeness (QED) is 0.946. The van der Waals surface area contributed by atoms with Crippen LogP contribution in [-0.4, -0.2) is 29.6 Å². The number of phenolic OH excluding ortho intramolecular Hbond substituents is 1. The average Bonchev–Trinajstić information content (AvgIpc) is 2.55. The number of nitrogens with zero attached hydrogens (tertiary/aromatic N) is 1. The van der Waals surface area contributed by atoms with Crippen molar-refractivity contribution in [3.05, 3.63) is 59.2 Å². The van der Waals surface area contributed by atoms with Gasteiger partial charge in [0.05, 0.1) is 18.7 Å². The first-order chi connectivity index (χ1) is 10.6. The molecule has 22 heavy (non-hydrogen) atoms. The number of phenols is 1. The van der Waals surface area contributed by atoms with Crippen LogP contribution in [0.15, 0.2) is 42.5 Å². The molecule has 0 saturated heterocycles. The highest BCUT2D eigenvalue weighted by Crippen LogP contribution is 2.34. The van der Waals surface area contributed by atoms with Gasteiger partial charge in [0.2, 0.25) is 0 Å². The minimum Gasteiger partial charge on any atom is -0.507 e. The number of rotatable bonds is 3. The van der Waals surface area contributed by atoms with Crippen molar-refractivity contribution in [1.82, 2.24) is 4.90 Å². The minimum absolute atomic E-state index is 0.00990. The van der Waals surface area contributed by atoms with E-state index in [1.165, 1.54) is 6.07 Å². The van der Waals surface area contributed by atoms with Gasteiger partial charge in [0.25, 0.3) is 5.91 Å². The lowest BCUT2D eigenvalue weighted by atomic mass is 9.95. The molecule has 0 spiro atoms. The predicted molar refractivity (Wildman–Crippen MR) is 84.3 cm³/mol. The monoisotopic (exact) mass is 297 g/mol. The summed E-state index contributed by atoms with van der Waals surface area (Å²) in [7, 11) is 1.55. The van der Waals surface area contributed by atoms with Gasteiger partial charge in [-0.05, 0) is 30.5 Å². The summed E-state index contributed by atoms with van der Waals surface area (Å²) in [4.78, 5) is 14.6. The minimum atomic E-state index is -0.127. The first kappa shape index (κ1) is 14.4. The second-order valence-electron chi connectivity index (χ2n) is 5.52. The van der Waals surface area contributed by atoms with Gasteiger partial charge in [-0.1, -0.05) is 30.3 Å². The summed E-state index contributed by atoms with van der Waals surface area (Å²) in [5.41, 5.74) is 2.33. The molecule has 0 aromatic heterocycles. The molecule has 2 aromatic rings. The van der Waals surface area contributed by atoms with Crippen LogP contribution in [0.2, 0.25) is 0 Å². The van der Waals surface area contributed by atoms with Gasteiger partial charge in [-0.2, -0.15) is 0 Å². The van der Waals surface area contributed by atoms with Crippen LogP contribution in [0.25, 0.3) is 0 Å². The molecule has 1 atom stereocenters. The van der Waals surface area contributed by atoms with Gasteiger partial charge in [0.15, 0.2) is 0 Å². The number of benzene rings is 2. The lowest BCUT2D eigenvalue weighted by molar-refractivity contribution is 0.0669. The Balaban J connectivity index is 1.95. The molecule has 1 heterocycles. The molecule has 3 rings (SSSR count). The van der Waals surface area contributed by atoms with E-state index in [0.717, 1.165) is 11.1 Å². The summed E-state index contributed by atoms with van der Waals surface area (Å²) in [6.45, 7) is 2.65. The van der Waals surface area contributed by atoms with Crippen molar-refractivity contribution in [3.8, 4) is 11.5 Å². The normalized spacial score (nSPS) is 15.4. The van der Waals surface area contributed by atoms with Crippen LogP contribution in [0.3, 0.4) is 0 Å². The highest BCUT2D eigenvalue weighted by atomic mass is 16.5. The van der Waals surface area contributed by atoms with E-state index in [4.69, 9.17) is 4.74 Å². The Morgan fingerprint density at radius 3 is 2.64 bits per heavy atom. The number of fused-ring (bicyclic) bond motifs is 1. The maximum absolute atomic E-state index is 12.8. The van der Waals surface area contributed by atoms with E-state index in [2.05, 4.69) is 0 Å². The van der Waals surface area contributed by atoms with Gasteiger partial charge in [0, 0.05) is 12.6 Å². The van der Waals surface area contributed by atoms with Crippen molar-refractivity contribution < 1.29 is 14.6 Å². The van der Waals surface area contributed by atoms with Crippen molar-refractivity contribution in [2.75, 3.05) is 13.7 Å². The molecule has 1 N–H and O–H groups in total. The molecule has 1 amide bonds. The molecule has 1 aliphatic heterocycles. The zero-order valence-corrected chi connectivity index (χ0v) is 12.7. The number of aromatic hydroxyl groups is 1. The molecule has 1 aliphatic rings. The SMILES string of the molecule is COc1cc(O)c2c(c1)CCN(C(C)c1ccccc1)C2=O. The topological polar surface area (TPSA) is 49.8 Å². The Kier molecular flexibility index (Phi) is 3.75. The second kappa shape index (κ2) is 5.72. The zero-order valence-electron chi connectivity index (χ0n) is 12.7. The number of hydrogen-bond donors (Lipinski definition) is 1. The van der Waals surface area contributed by atoms with E-state index >= 15 is 0 Å². The van der Waals surface area contributed by atoms with Crippen molar-refractivity contribution in [1.29, 1.82) is 0 Å². The highest BCUT2D eigenvalue weighted by molar-refractivity contribution is 5.99. The fourth-order valence-electron chi connectivity index (χ4n) is 2.99. The number of carbonyl (C=O) groups excluding carboxylic acids is 1. The van der Waals surface area contributed by atoms with Crippen molar-refractivity contribution >= 4 is 5.91 Å². The molecule has 0 bridgehead atoms. The lowest BCUT2D eigenvalue weighted by Crippen LogP contribution is -2.39. The van der Waals surface area contributed by atoms with Gasteiger partial charge in [-0.15, -0.1) is 0 Å².